The van der Waals surface area contributed by atoms with E-state index in [1.807, 2.05) is 61.5 Å². The molecule has 0 bridgehead atoms. The van der Waals surface area contributed by atoms with E-state index in [9.17, 15) is 0 Å². The van der Waals surface area contributed by atoms with Gasteiger partial charge in [0.25, 0.3) is 0 Å². The summed E-state index contributed by atoms with van der Waals surface area (Å²) >= 11 is 18.5. The zero-order valence-corrected chi connectivity index (χ0v) is 16.3. The highest BCUT2D eigenvalue weighted by Gasteiger charge is 2.13. The van der Waals surface area contributed by atoms with Crippen molar-refractivity contribution in [2.24, 2.45) is 4.99 Å². The zero-order valence-electron chi connectivity index (χ0n) is 14.0. The lowest BCUT2D eigenvalue weighted by molar-refractivity contribution is 0.482. The van der Waals surface area contributed by atoms with Gasteiger partial charge in [-0.1, -0.05) is 53.0 Å². The summed E-state index contributed by atoms with van der Waals surface area (Å²) in [5.74, 6) is 1.57. The second kappa shape index (κ2) is 8.59. The smallest absolute Gasteiger partial charge is 0.127 e. The first-order valence-corrected chi connectivity index (χ1v) is 9.17. The highest BCUT2D eigenvalue weighted by Crippen LogP contribution is 2.35. The van der Waals surface area contributed by atoms with E-state index in [2.05, 4.69) is 4.99 Å². The quantitative estimate of drug-likeness (QED) is 0.401. The van der Waals surface area contributed by atoms with Gasteiger partial charge in [-0.15, -0.1) is 0 Å². The average molecular weight is 405 g/mol. The van der Waals surface area contributed by atoms with E-state index < -0.39 is 0 Å². The molecule has 2 nitrogen and oxygen atoms in total. The molecule has 0 aliphatic heterocycles. The number of hydrogen-bond acceptors (Lipinski definition) is 2. The van der Waals surface area contributed by atoms with Gasteiger partial charge in [-0.25, -0.2) is 0 Å². The zero-order chi connectivity index (χ0) is 18.5. The Balaban J connectivity index is 1.71. The molecule has 0 saturated carbocycles. The number of ether oxygens (including phenoxy) is 1. The first-order valence-electron chi connectivity index (χ1n) is 8.03. The molecule has 0 radical (unpaired) electrons. The van der Waals surface area contributed by atoms with Gasteiger partial charge in [0.1, 0.15) is 11.5 Å². The van der Waals surface area contributed by atoms with Crippen molar-refractivity contribution in [1.82, 2.24) is 0 Å². The maximum atomic E-state index is 6.25. The molecule has 1 unspecified atom stereocenters. The van der Waals surface area contributed by atoms with Crippen LogP contribution in [-0.2, 0) is 0 Å². The highest BCUT2D eigenvalue weighted by molar-refractivity contribution is 6.39. The number of halogens is 3. The molecule has 0 saturated heterocycles. The molecule has 26 heavy (non-hydrogen) atoms. The van der Waals surface area contributed by atoms with Crippen LogP contribution in [0.25, 0.3) is 0 Å². The first kappa shape index (κ1) is 18.8. The SMILES string of the molecule is CC(N=Cc1ccc(Oc2ccccc2)cc1)c1c(Cl)cc(Cl)cc1Cl. The van der Waals surface area contributed by atoms with Crippen molar-refractivity contribution in [2.45, 2.75) is 13.0 Å². The van der Waals surface area contributed by atoms with Crippen LogP contribution in [0.2, 0.25) is 15.1 Å². The molecular weight excluding hydrogens is 389 g/mol. The van der Waals surface area contributed by atoms with Crippen LogP contribution >= 0.6 is 34.8 Å². The number of benzene rings is 3. The van der Waals surface area contributed by atoms with Crippen molar-refractivity contribution in [2.75, 3.05) is 0 Å². The van der Waals surface area contributed by atoms with E-state index in [0.29, 0.717) is 15.1 Å². The summed E-state index contributed by atoms with van der Waals surface area (Å²) in [6.45, 7) is 1.93. The van der Waals surface area contributed by atoms with Crippen molar-refractivity contribution in [3.63, 3.8) is 0 Å². The second-order valence-corrected chi connectivity index (χ2v) is 6.97. The largest absolute Gasteiger partial charge is 0.457 e. The molecule has 0 heterocycles. The number of para-hydroxylation sites is 1. The Morgan fingerprint density at radius 1 is 0.846 bits per heavy atom. The average Bonchev–Trinajstić information content (AvgIpc) is 2.61. The predicted octanol–water partition coefficient (Wildman–Crippen LogP) is 7.62. The molecule has 1 atom stereocenters. The predicted molar refractivity (Wildman–Crippen MR) is 110 cm³/mol. The van der Waals surface area contributed by atoms with E-state index >= 15 is 0 Å². The third-order valence-corrected chi connectivity index (χ3v) is 4.61. The lowest BCUT2D eigenvalue weighted by Crippen LogP contribution is -1.94. The fraction of sp³-hybridized carbons (Fsp3) is 0.0952. The van der Waals surface area contributed by atoms with Gasteiger partial charge in [0.05, 0.1) is 6.04 Å². The van der Waals surface area contributed by atoms with E-state index in [1.54, 1.807) is 18.3 Å². The Labute approximate surface area is 168 Å². The molecule has 0 aromatic heterocycles. The summed E-state index contributed by atoms with van der Waals surface area (Å²) in [4.78, 5) is 4.55. The summed E-state index contributed by atoms with van der Waals surface area (Å²) in [7, 11) is 0. The first-order chi connectivity index (χ1) is 12.5. The Kier molecular flexibility index (Phi) is 6.20. The monoisotopic (exact) mass is 403 g/mol. The minimum Gasteiger partial charge on any atom is -0.457 e. The molecule has 3 aromatic carbocycles. The second-order valence-electron chi connectivity index (χ2n) is 5.72. The normalized spacial score (nSPS) is 12.3. The molecule has 0 amide bonds. The van der Waals surface area contributed by atoms with Crippen LogP contribution in [0, 0.1) is 0 Å². The Bertz CT molecular complexity index is 885. The van der Waals surface area contributed by atoms with Gasteiger partial charge < -0.3 is 4.74 Å². The van der Waals surface area contributed by atoms with Gasteiger partial charge in [0, 0.05) is 26.8 Å². The third-order valence-electron chi connectivity index (χ3n) is 3.77. The van der Waals surface area contributed by atoms with Crippen LogP contribution in [0.15, 0.2) is 71.7 Å². The van der Waals surface area contributed by atoms with Gasteiger partial charge in [-0.2, -0.15) is 0 Å². The Morgan fingerprint density at radius 2 is 1.42 bits per heavy atom. The van der Waals surface area contributed by atoms with Gasteiger partial charge in [-0.05, 0) is 61.0 Å². The van der Waals surface area contributed by atoms with Crippen LogP contribution in [0.1, 0.15) is 24.1 Å². The number of rotatable bonds is 5. The molecule has 3 rings (SSSR count). The Morgan fingerprint density at radius 3 is 2.04 bits per heavy atom. The maximum absolute atomic E-state index is 6.25. The van der Waals surface area contributed by atoms with Crippen molar-refractivity contribution in [3.05, 3.63) is 92.9 Å². The summed E-state index contributed by atoms with van der Waals surface area (Å²) < 4.78 is 5.78. The van der Waals surface area contributed by atoms with Gasteiger partial charge >= 0.3 is 0 Å². The lowest BCUT2D eigenvalue weighted by atomic mass is 10.1. The molecule has 132 valence electrons. The van der Waals surface area contributed by atoms with Crippen LogP contribution < -0.4 is 4.74 Å². The molecule has 0 aliphatic rings. The molecular formula is C21H16Cl3NO. The molecule has 0 spiro atoms. The van der Waals surface area contributed by atoms with E-state index in [0.717, 1.165) is 22.6 Å². The standard InChI is InChI=1S/C21H16Cl3NO/c1-14(21-19(23)11-16(22)12-20(21)24)25-13-15-7-9-18(10-8-15)26-17-5-3-2-4-6-17/h2-14H,1H3. The third kappa shape index (κ3) is 4.79. The lowest BCUT2D eigenvalue weighted by Gasteiger charge is -2.12. The number of nitrogens with zero attached hydrogens (tertiary/aromatic N) is 1. The van der Waals surface area contributed by atoms with E-state index in [4.69, 9.17) is 39.5 Å². The van der Waals surface area contributed by atoms with E-state index in [1.165, 1.54) is 0 Å². The summed E-state index contributed by atoms with van der Waals surface area (Å²) in [5.41, 5.74) is 1.72. The fourth-order valence-electron chi connectivity index (χ4n) is 2.47. The Hall–Kier alpha value is -2.00. The van der Waals surface area contributed by atoms with Crippen LogP contribution in [0.3, 0.4) is 0 Å². The van der Waals surface area contributed by atoms with Crippen molar-refractivity contribution in [1.29, 1.82) is 0 Å². The van der Waals surface area contributed by atoms with Crippen LogP contribution in [-0.4, -0.2) is 6.21 Å². The van der Waals surface area contributed by atoms with Crippen molar-refractivity contribution in [3.8, 4) is 11.5 Å². The summed E-state index contributed by atoms with van der Waals surface area (Å²) in [6, 6.07) is 20.5. The van der Waals surface area contributed by atoms with Gasteiger partial charge in [0.2, 0.25) is 0 Å². The maximum Gasteiger partial charge on any atom is 0.127 e. The van der Waals surface area contributed by atoms with Gasteiger partial charge in [-0.3, -0.25) is 4.99 Å². The van der Waals surface area contributed by atoms with Crippen molar-refractivity contribution < 1.29 is 4.74 Å². The number of hydrogen-bond donors (Lipinski definition) is 0. The molecule has 0 aliphatic carbocycles. The summed E-state index contributed by atoms with van der Waals surface area (Å²) in [5, 5.41) is 1.53. The molecule has 3 aromatic rings. The summed E-state index contributed by atoms with van der Waals surface area (Å²) in [6.07, 6.45) is 1.79. The fourth-order valence-corrected chi connectivity index (χ4v) is 3.60. The van der Waals surface area contributed by atoms with Crippen LogP contribution in [0.4, 0.5) is 0 Å². The minimum atomic E-state index is -0.187. The highest BCUT2D eigenvalue weighted by atomic mass is 35.5. The van der Waals surface area contributed by atoms with E-state index in [-0.39, 0.29) is 6.04 Å². The van der Waals surface area contributed by atoms with Crippen LogP contribution in [0.5, 0.6) is 11.5 Å². The molecule has 5 heteroatoms. The molecule has 0 fully saturated rings. The number of aliphatic imine (C=N–C) groups is 1. The van der Waals surface area contributed by atoms with Crippen molar-refractivity contribution >= 4 is 41.0 Å². The molecule has 0 N–H and O–H groups in total. The topological polar surface area (TPSA) is 21.6 Å². The van der Waals surface area contributed by atoms with Gasteiger partial charge in [0.15, 0.2) is 0 Å². The minimum absolute atomic E-state index is 0.187.